The van der Waals surface area contributed by atoms with Crippen LogP contribution in [0.2, 0.25) is 18.1 Å². The van der Waals surface area contributed by atoms with E-state index in [1.165, 1.54) is 0 Å². The Hall–Kier alpha value is 0.137. The second kappa shape index (κ2) is 5.73. The average Bonchev–Trinajstić information content (AvgIpc) is 1.84. The maximum Gasteiger partial charge on any atom is 0.236 e. The van der Waals surface area contributed by atoms with Gasteiger partial charge in [0.15, 0.2) is 0 Å². The molecule has 2 nitrogen and oxygen atoms in total. The van der Waals surface area contributed by atoms with Crippen molar-refractivity contribution in [2.45, 2.75) is 45.8 Å². The summed E-state index contributed by atoms with van der Waals surface area (Å²) in [5.74, 6) is 0. The second-order valence-corrected chi connectivity index (χ2v) is 8.99. The van der Waals surface area contributed by atoms with Crippen molar-refractivity contribution in [3.05, 3.63) is 0 Å². The molecule has 0 heterocycles. The van der Waals surface area contributed by atoms with E-state index in [0.717, 1.165) is 6.54 Å². The molecule has 0 aliphatic carbocycles. The van der Waals surface area contributed by atoms with Crippen molar-refractivity contribution in [1.82, 2.24) is 5.32 Å². The molecule has 1 radical (unpaired) electrons. The summed E-state index contributed by atoms with van der Waals surface area (Å²) in [5, 5.41) is 2.95. The van der Waals surface area contributed by atoms with Gasteiger partial charge >= 0.3 is 0 Å². The van der Waals surface area contributed by atoms with Crippen LogP contribution >= 0.6 is 0 Å². The third-order valence-electron chi connectivity index (χ3n) is 2.16. The molecule has 0 aliphatic rings. The molecule has 0 rings (SSSR count). The van der Waals surface area contributed by atoms with Crippen LogP contribution in [0.3, 0.4) is 0 Å². The molecule has 0 atom stereocenters. The van der Waals surface area contributed by atoms with Gasteiger partial charge in [0.2, 0.25) is 8.32 Å². The minimum atomic E-state index is -2.11. The first-order valence-corrected chi connectivity index (χ1v) is 7.42. The van der Waals surface area contributed by atoms with Crippen LogP contribution in [0.25, 0.3) is 0 Å². The van der Waals surface area contributed by atoms with Gasteiger partial charge in [-0.15, -0.1) is 0 Å². The first-order valence-electron chi connectivity index (χ1n) is 4.51. The van der Waals surface area contributed by atoms with E-state index in [2.05, 4.69) is 12.2 Å². The summed E-state index contributed by atoms with van der Waals surface area (Å²) in [4.78, 5) is 11.3. The topological polar surface area (TPSA) is 31.9 Å². The van der Waals surface area contributed by atoms with Gasteiger partial charge in [-0.3, -0.25) is 4.80 Å². The number of nitrogens with one attached hydrogen (secondary N) is 1. The first-order chi connectivity index (χ1) is 5.16. The fourth-order valence-corrected chi connectivity index (χ4v) is 0. The van der Waals surface area contributed by atoms with E-state index in [4.69, 9.17) is 0 Å². The van der Waals surface area contributed by atoms with Gasteiger partial charge in [0.1, 0.15) is 0 Å². The Balaban J connectivity index is 0. The average molecular weight is 190 g/mol. The van der Waals surface area contributed by atoms with E-state index in [9.17, 15) is 4.80 Å². The monoisotopic (exact) mass is 190 g/mol. The summed E-state index contributed by atoms with van der Waals surface area (Å²) in [5.41, 5.74) is 0. The highest BCUT2D eigenvalue weighted by Gasteiger charge is 2.35. The lowest BCUT2D eigenvalue weighted by Gasteiger charge is -2.27. The zero-order valence-corrected chi connectivity index (χ0v) is 10.6. The minimum Gasteiger partial charge on any atom is -0.320 e. The molecule has 0 aliphatic heterocycles. The molecule has 1 N–H and O–H groups in total. The van der Waals surface area contributed by atoms with E-state index in [0.29, 0.717) is 0 Å². The summed E-state index contributed by atoms with van der Waals surface area (Å²) in [7, 11) is -0.178. The third-order valence-corrected chi connectivity index (χ3v) is 5.77. The third kappa shape index (κ3) is 8.24. The fourth-order valence-electron chi connectivity index (χ4n) is 0. The molecule has 0 aromatic rings. The molecule has 0 aromatic carbocycles. The Morgan fingerprint density at radius 2 is 1.42 bits per heavy atom. The van der Waals surface area contributed by atoms with Gasteiger partial charge in [0.25, 0.3) is 0 Å². The van der Waals surface area contributed by atoms with Crippen LogP contribution in [0.1, 0.15) is 27.7 Å². The molecule has 0 amide bonds. The van der Waals surface area contributed by atoms with Crippen molar-refractivity contribution >= 4 is 8.32 Å². The van der Waals surface area contributed by atoms with E-state index in [1.807, 2.05) is 40.9 Å². The second-order valence-electron chi connectivity index (χ2n) is 4.47. The van der Waals surface area contributed by atoms with Gasteiger partial charge in [-0.2, -0.15) is 0 Å². The first kappa shape index (κ1) is 14.6. The number of rotatable bonds is 1. The van der Waals surface area contributed by atoms with Gasteiger partial charge in [0, 0.05) is 0 Å². The van der Waals surface area contributed by atoms with E-state index in [1.54, 1.807) is 0 Å². The summed E-state index contributed by atoms with van der Waals surface area (Å²) in [6.07, 6.45) is 0. The molecular weight excluding hydrogens is 166 g/mol. The van der Waals surface area contributed by atoms with Crippen LogP contribution in [0.5, 0.6) is 0 Å². The highest BCUT2D eigenvalue weighted by Crippen LogP contribution is 2.33. The summed E-state index contributed by atoms with van der Waals surface area (Å²) in [6, 6.07) is 0. The number of hydrogen-bond donors (Lipinski definition) is 1. The molecule has 12 heavy (non-hydrogen) atoms. The SMILES string of the molecule is CC(C)(C)[Si](C)(C)[O].CCNC. The highest BCUT2D eigenvalue weighted by molar-refractivity contribution is 6.72. The summed E-state index contributed by atoms with van der Waals surface area (Å²) >= 11 is 0. The van der Waals surface area contributed by atoms with Gasteiger partial charge in [-0.25, -0.2) is 0 Å². The molecule has 0 spiro atoms. The van der Waals surface area contributed by atoms with Gasteiger partial charge in [-0.1, -0.05) is 27.7 Å². The van der Waals surface area contributed by atoms with Crippen molar-refractivity contribution in [3.63, 3.8) is 0 Å². The standard InChI is InChI=1S/C6H15OSi.C3H9N/c1-6(2,3)8(4,5)7;1-3-4-2/h1-5H3;4H,3H2,1-2H3. The Bertz CT molecular complexity index is 88.1. The normalized spacial score (nSPS) is 12.0. The van der Waals surface area contributed by atoms with E-state index >= 15 is 0 Å². The Morgan fingerprint density at radius 3 is 1.42 bits per heavy atom. The smallest absolute Gasteiger partial charge is 0.236 e. The van der Waals surface area contributed by atoms with Gasteiger partial charge in [0.05, 0.1) is 0 Å². The lowest BCUT2D eigenvalue weighted by Crippen LogP contribution is -2.35. The van der Waals surface area contributed by atoms with Crippen LogP contribution in [0, 0.1) is 0 Å². The fraction of sp³-hybridized carbons (Fsp3) is 1.00. The summed E-state index contributed by atoms with van der Waals surface area (Å²) in [6.45, 7) is 12.9. The van der Waals surface area contributed by atoms with Crippen molar-refractivity contribution < 1.29 is 4.80 Å². The lowest BCUT2D eigenvalue weighted by molar-refractivity contribution is 0.390. The molecule has 0 fully saturated rings. The molecule has 0 bridgehead atoms. The minimum absolute atomic E-state index is 0.0208. The maximum atomic E-state index is 11.3. The zero-order valence-electron chi connectivity index (χ0n) is 9.62. The highest BCUT2D eigenvalue weighted by atomic mass is 28.4. The molecule has 0 aromatic heterocycles. The van der Waals surface area contributed by atoms with Crippen molar-refractivity contribution in [2.75, 3.05) is 13.6 Å². The predicted molar refractivity (Wildman–Crippen MR) is 57.5 cm³/mol. The van der Waals surface area contributed by atoms with Crippen LogP contribution in [-0.2, 0) is 4.80 Å². The van der Waals surface area contributed by atoms with Crippen LogP contribution in [0.15, 0.2) is 0 Å². The van der Waals surface area contributed by atoms with Crippen LogP contribution < -0.4 is 5.32 Å². The van der Waals surface area contributed by atoms with E-state index < -0.39 is 8.32 Å². The Morgan fingerprint density at radius 1 is 1.25 bits per heavy atom. The van der Waals surface area contributed by atoms with Crippen LogP contribution in [0.4, 0.5) is 0 Å². The molecule has 3 heteroatoms. The number of hydrogen-bond acceptors (Lipinski definition) is 1. The maximum absolute atomic E-state index is 11.3. The van der Waals surface area contributed by atoms with Gasteiger partial charge < -0.3 is 5.32 Å². The molecule has 0 unspecified atom stereocenters. The Kier molecular flexibility index (Phi) is 6.99. The van der Waals surface area contributed by atoms with Gasteiger partial charge in [-0.05, 0) is 31.7 Å². The quantitative estimate of drug-likeness (QED) is 0.633. The Labute approximate surface area is 78.5 Å². The lowest BCUT2D eigenvalue weighted by atomic mass is 10.2. The van der Waals surface area contributed by atoms with Crippen molar-refractivity contribution in [2.24, 2.45) is 0 Å². The van der Waals surface area contributed by atoms with Crippen molar-refractivity contribution in [1.29, 1.82) is 0 Å². The van der Waals surface area contributed by atoms with E-state index in [-0.39, 0.29) is 5.04 Å². The zero-order chi connectivity index (χ0) is 10.4. The van der Waals surface area contributed by atoms with Crippen molar-refractivity contribution in [3.8, 4) is 0 Å². The summed E-state index contributed by atoms with van der Waals surface area (Å²) < 4.78 is 0. The predicted octanol–water partition coefficient (Wildman–Crippen LogP) is 2.65. The molecular formula is C9H24NOSi. The molecule has 0 saturated carbocycles. The molecule has 0 saturated heterocycles. The largest absolute Gasteiger partial charge is 0.320 e. The molecule has 75 valence electrons. The van der Waals surface area contributed by atoms with Crippen LogP contribution in [-0.4, -0.2) is 21.9 Å².